The van der Waals surface area contributed by atoms with E-state index in [-0.39, 0.29) is 17.7 Å². The smallest absolute Gasteiger partial charge is 0.289 e. The fraction of sp³-hybridized carbons (Fsp3) is 0.250. The van der Waals surface area contributed by atoms with E-state index in [9.17, 15) is 9.59 Å². The van der Waals surface area contributed by atoms with Crippen LogP contribution in [0.15, 0.2) is 71.3 Å². The lowest BCUT2D eigenvalue weighted by atomic mass is 9.95. The molecule has 2 aromatic carbocycles. The third kappa shape index (κ3) is 4.54. The van der Waals surface area contributed by atoms with Crippen molar-refractivity contribution in [3.05, 3.63) is 78.3 Å². The minimum absolute atomic E-state index is 0.0555. The summed E-state index contributed by atoms with van der Waals surface area (Å²) in [5, 5.41) is 3.00. The van der Waals surface area contributed by atoms with Crippen LogP contribution in [-0.2, 0) is 4.79 Å². The molecular formula is C24H24N2O4. The van der Waals surface area contributed by atoms with Crippen molar-refractivity contribution in [2.45, 2.75) is 19.8 Å². The fourth-order valence-corrected chi connectivity index (χ4v) is 3.53. The summed E-state index contributed by atoms with van der Waals surface area (Å²) in [7, 11) is 0. The van der Waals surface area contributed by atoms with E-state index >= 15 is 0 Å². The first kappa shape index (κ1) is 19.8. The number of benzene rings is 2. The summed E-state index contributed by atoms with van der Waals surface area (Å²) in [6.07, 6.45) is 2.71. The first-order valence-electron chi connectivity index (χ1n) is 10.1. The maximum Gasteiger partial charge on any atom is 0.289 e. The summed E-state index contributed by atoms with van der Waals surface area (Å²) >= 11 is 0. The van der Waals surface area contributed by atoms with Crippen molar-refractivity contribution in [2.75, 3.05) is 18.4 Å². The number of likely N-dealkylation sites (tertiary alicyclic amines) is 1. The van der Waals surface area contributed by atoms with Crippen molar-refractivity contribution in [2.24, 2.45) is 5.92 Å². The number of piperidine rings is 1. The number of carbonyl (C=O) groups is 2. The molecule has 0 spiro atoms. The number of anilines is 1. The molecule has 1 saturated heterocycles. The highest BCUT2D eigenvalue weighted by atomic mass is 16.5. The van der Waals surface area contributed by atoms with Crippen molar-refractivity contribution < 1.29 is 18.7 Å². The van der Waals surface area contributed by atoms with Crippen LogP contribution in [0.3, 0.4) is 0 Å². The van der Waals surface area contributed by atoms with Crippen molar-refractivity contribution in [1.82, 2.24) is 4.90 Å². The predicted octanol–water partition coefficient (Wildman–Crippen LogP) is 4.87. The number of aryl methyl sites for hydroxylation is 1. The number of para-hydroxylation sites is 2. The number of amides is 2. The molecule has 0 radical (unpaired) electrons. The molecular weight excluding hydrogens is 380 g/mol. The van der Waals surface area contributed by atoms with Crippen LogP contribution in [0, 0.1) is 12.8 Å². The van der Waals surface area contributed by atoms with Crippen LogP contribution in [0.4, 0.5) is 5.69 Å². The second-order valence-corrected chi connectivity index (χ2v) is 7.44. The second-order valence-electron chi connectivity index (χ2n) is 7.44. The lowest BCUT2D eigenvalue weighted by molar-refractivity contribution is -0.121. The monoisotopic (exact) mass is 404 g/mol. The first-order valence-corrected chi connectivity index (χ1v) is 10.1. The molecule has 2 heterocycles. The van der Waals surface area contributed by atoms with E-state index in [0.29, 0.717) is 48.9 Å². The summed E-state index contributed by atoms with van der Waals surface area (Å²) in [5.41, 5.74) is 1.79. The molecule has 3 aromatic rings. The Hall–Kier alpha value is -3.54. The molecule has 30 heavy (non-hydrogen) atoms. The topological polar surface area (TPSA) is 71.8 Å². The third-order valence-electron chi connectivity index (χ3n) is 5.28. The Kier molecular flexibility index (Phi) is 5.84. The maximum absolute atomic E-state index is 12.8. The Bertz CT molecular complexity index is 1000. The summed E-state index contributed by atoms with van der Waals surface area (Å²) in [6, 6.07) is 18.5. The standard InChI is InChI=1S/C24H24N2O4/c1-17-8-10-19(11-9-17)30-21-6-3-2-5-20(21)25-23(27)18-12-14-26(15-13-18)24(28)22-7-4-16-29-22/h2-11,16,18H,12-15H2,1H3,(H,25,27). The van der Waals surface area contributed by atoms with Gasteiger partial charge in [0.1, 0.15) is 5.75 Å². The first-order chi connectivity index (χ1) is 14.6. The highest BCUT2D eigenvalue weighted by molar-refractivity contribution is 5.95. The van der Waals surface area contributed by atoms with E-state index in [0.717, 1.165) is 5.56 Å². The average molecular weight is 404 g/mol. The lowest BCUT2D eigenvalue weighted by Crippen LogP contribution is -2.41. The van der Waals surface area contributed by atoms with Gasteiger partial charge in [-0.15, -0.1) is 0 Å². The zero-order chi connectivity index (χ0) is 20.9. The molecule has 1 aliphatic heterocycles. The third-order valence-corrected chi connectivity index (χ3v) is 5.28. The number of hydrogen-bond acceptors (Lipinski definition) is 4. The molecule has 6 heteroatoms. The van der Waals surface area contributed by atoms with Crippen LogP contribution in [0.1, 0.15) is 29.0 Å². The van der Waals surface area contributed by atoms with E-state index < -0.39 is 0 Å². The van der Waals surface area contributed by atoms with E-state index in [1.54, 1.807) is 17.0 Å². The van der Waals surface area contributed by atoms with Crippen LogP contribution in [0.25, 0.3) is 0 Å². The van der Waals surface area contributed by atoms with Crippen molar-refractivity contribution in [3.63, 3.8) is 0 Å². The molecule has 1 fully saturated rings. The molecule has 154 valence electrons. The van der Waals surface area contributed by atoms with Gasteiger partial charge in [-0.3, -0.25) is 9.59 Å². The van der Waals surface area contributed by atoms with Crippen LogP contribution < -0.4 is 10.1 Å². The Labute approximate surface area is 175 Å². The molecule has 1 aliphatic rings. The Balaban J connectivity index is 1.36. The van der Waals surface area contributed by atoms with E-state index in [2.05, 4.69) is 5.32 Å². The molecule has 0 unspecified atom stereocenters. The maximum atomic E-state index is 12.8. The Morgan fingerprint density at radius 2 is 1.73 bits per heavy atom. The number of carbonyl (C=O) groups excluding carboxylic acids is 2. The van der Waals surface area contributed by atoms with Crippen LogP contribution in [-0.4, -0.2) is 29.8 Å². The van der Waals surface area contributed by atoms with Gasteiger partial charge in [0.25, 0.3) is 5.91 Å². The van der Waals surface area contributed by atoms with Gasteiger partial charge in [0, 0.05) is 19.0 Å². The van der Waals surface area contributed by atoms with Crippen molar-refractivity contribution in [3.8, 4) is 11.5 Å². The van der Waals surface area contributed by atoms with Crippen LogP contribution in [0.5, 0.6) is 11.5 Å². The van der Waals surface area contributed by atoms with Crippen molar-refractivity contribution in [1.29, 1.82) is 0 Å². The number of furan rings is 1. The molecule has 0 aliphatic carbocycles. The van der Waals surface area contributed by atoms with Gasteiger partial charge in [0.2, 0.25) is 5.91 Å². The highest BCUT2D eigenvalue weighted by Gasteiger charge is 2.29. The van der Waals surface area contributed by atoms with Crippen LogP contribution >= 0.6 is 0 Å². The van der Waals surface area contributed by atoms with Gasteiger partial charge in [-0.2, -0.15) is 0 Å². The van der Waals surface area contributed by atoms with Gasteiger partial charge in [-0.05, 0) is 56.2 Å². The van der Waals surface area contributed by atoms with Gasteiger partial charge in [-0.25, -0.2) is 0 Å². The number of nitrogens with zero attached hydrogens (tertiary/aromatic N) is 1. The molecule has 0 atom stereocenters. The van der Waals surface area contributed by atoms with Gasteiger partial charge in [-0.1, -0.05) is 29.8 Å². The molecule has 0 bridgehead atoms. The number of rotatable bonds is 5. The molecule has 0 saturated carbocycles. The average Bonchev–Trinajstić information content (AvgIpc) is 3.31. The molecule has 6 nitrogen and oxygen atoms in total. The second kappa shape index (κ2) is 8.86. The summed E-state index contributed by atoms with van der Waals surface area (Å²) in [5.74, 6) is 1.31. The molecule has 1 aromatic heterocycles. The predicted molar refractivity (Wildman–Crippen MR) is 114 cm³/mol. The van der Waals surface area contributed by atoms with Crippen LogP contribution in [0.2, 0.25) is 0 Å². The largest absolute Gasteiger partial charge is 0.459 e. The molecule has 2 amide bonds. The van der Waals surface area contributed by atoms with E-state index in [1.807, 2.05) is 55.5 Å². The number of hydrogen-bond donors (Lipinski definition) is 1. The Morgan fingerprint density at radius 1 is 1.00 bits per heavy atom. The lowest BCUT2D eigenvalue weighted by Gasteiger charge is -2.30. The minimum atomic E-state index is -0.155. The van der Waals surface area contributed by atoms with Crippen molar-refractivity contribution >= 4 is 17.5 Å². The Morgan fingerprint density at radius 3 is 2.43 bits per heavy atom. The van der Waals surface area contributed by atoms with Gasteiger partial charge in [0.05, 0.1) is 12.0 Å². The number of ether oxygens (including phenoxy) is 1. The molecule has 4 rings (SSSR count). The summed E-state index contributed by atoms with van der Waals surface area (Å²) in [4.78, 5) is 26.9. The number of nitrogens with one attached hydrogen (secondary N) is 1. The normalized spacial score (nSPS) is 14.4. The zero-order valence-corrected chi connectivity index (χ0v) is 16.8. The fourth-order valence-electron chi connectivity index (χ4n) is 3.53. The zero-order valence-electron chi connectivity index (χ0n) is 16.8. The summed E-state index contributed by atoms with van der Waals surface area (Å²) < 4.78 is 11.2. The van der Waals surface area contributed by atoms with Gasteiger partial charge < -0.3 is 19.4 Å². The van der Waals surface area contributed by atoms with Gasteiger partial charge >= 0.3 is 0 Å². The molecule has 1 N–H and O–H groups in total. The minimum Gasteiger partial charge on any atom is -0.459 e. The van der Waals surface area contributed by atoms with E-state index in [1.165, 1.54) is 6.26 Å². The van der Waals surface area contributed by atoms with Gasteiger partial charge in [0.15, 0.2) is 11.5 Å². The quantitative estimate of drug-likeness (QED) is 0.658. The van der Waals surface area contributed by atoms with E-state index in [4.69, 9.17) is 9.15 Å². The highest BCUT2D eigenvalue weighted by Crippen LogP contribution is 2.30. The summed E-state index contributed by atoms with van der Waals surface area (Å²) in [6.45, 7) is 3.07. The SMILES string of the molecule is Cc1ccc(Oc2ccccc2NC(=O)C2CCN(C(=O)c3ccco3)CC2)cc1.